The van der Waals surface area contributed by atoms with Crippen LogP contribution in [0.1, 0.15) is 12.8 Å². The van der Waals surface area contributed by atoms with Crippen molar-refractivity contribution in [1.82, 2.24) is 9.88 Å². The van der Waals surface area contributed by atoms with Crippen LogP contribution < -0.4 is 5.32 Å². The molecule has 1 atom stereocenters. The average molecular weight is 285 g/mol. The number of urea groups is 1. The Labute approximate surface area is 121 Å². The fraction of sp³-hybridized carbons (Fsp3) is 0.267. The van der Waals surface area contributed by atoms with Gasteiger partial charge in [-0.05, 0) is 37.1 Å². The highest BCUT2D eigenvalue weighted by Gasteiger charge is 2.34. The number of carboxylic acids is 1. The van der Waals surface area contributed by atoms with Crippen LogP contribution in [-0.2, 0) is 4.79 Å². The molecular formula is C15H15N3O3. The molecule has 2 heterocycles. The molecule has 21 heavy (non-hydrogen) atoms. The number of carbonyl (C=O) groups is 2. The van der Waals surface area contributed by atoms with Crippen molar-refractivity contribution in [2.45, 2.75) is 18.9 Å². The van der Waals surface area contributed by atoms with Crippen LogP contribution >= 0.6 is 0 Å². The Kier molecular flexibility index (Phi) is 3.43. The lowest BCUT2D eigenvalue weighted by Gasteiger charge is -2.22. The average Bonchev–Trinajstić information content (AvgIpc) is 2.97. The van der Waals surface area contributed by atoms with Crippen LogP contribution in [0.3, 0.4) is 0 Å². The summed E-state index contributed by atoms with van der Waals surface area (Å²) in [5.74, 6) is -0.956. The minimum Gasteiger partial charge on any atom is -0.480 e. The van der Waals surface area contributed by atoms with E-state index in [0.29, 0.717) is 25.1 Å². The third-order valence-corrected chi connectivity index (χ3v) is 3.69. The van der Waals surface area contributed by atoms with Crippen molar-refractivity contribution >= 4 is 28.6 Å². The summed E-state index contributed by atoms with van der Waals surface area (Å²) in [6.45, 7) is 0.464. The van der Waals surface area contributed by atoms with Crippen molar-refractivity contribution < 1.29 is 14.7 Å². The van der Waals surface area contributed by atoms with Crippen LogP contribution in [-0.4, -0.2) is 39.6 Å². The molecule has 1 aliphatic rings. The fourth-order valence-electron chi connectivity index (χ4n) is 2.67. The highest BCUT2D eigenvalue weighted by molar-refractivity contribution is 6.01. The van der Waals surface area contributed by atoms with Crippen molar-refractivity contribution in [3.05, 3.63) is 36.5 Å². The number of amides is 2. The first kappa shape index (κ1) is 13.4. The second kappa shape index (κ2) is 5.40. The largest absolute Gasteiger partial charge is 0.480 e. The molecule has 1 aromatic heterocycles. The standard InChI is InChI=1S/C15H15N3O3/c19-14(20)13-7-3-9-18(13)15(21)17-12-6-1-5-11-10(12)4-2-8-16-11/h1-2,4-6,8,13H,3,7,9H2,(H,17,21)(H,19,20). The topological polar surface area (TPSA) is 82.5 Å². The zero-order valence-electron chi connectivity index (χ0n) is 11.3. The van der Waals surface area contributed by atoms with E-state index < -0.39 is 12.0 Å². The Hall–Kier alpha value is -2.63. The molecule has 2 N–H and O–H groups in total. The Morgan fingerprint density at radius 1 is 1.29 bits per heavy atom. The summed E-state index contributed by atoms with van der Waals surface area (Å²) in [6, 6.07) is 8.01. The summed E-state index contributed by atoms with van der Waals surface area (Å²) in [4.78, 5) is 29.1. The third kappa shape index (κ3) is 2.52. The number of hydrogen-bond acceptors (Lipinski definition) is 3. The maximum absolute atomic E-state index is 12.3. The SMILES string of the molecule is O=C(O)C1CCCN1C(=O)Nc1cccc2ncccc12. The molecule has 3 rings (SSSR count). The summed E-state index contributed by atoms with van der Waals surface area (Å²) in [5, 5.41) is 12.8. The van der Waals surface area contributed by atoms with Gasteiger partial charge in [-0.25, -0.2) is 9.59 Å². The lowest BCUT2D eigenvalue weighted by atomic mass is 10.2. The minimum absolute atomic E-state index is 0.378. The molecule has 6 heteroatoms. The maximum atomic E-state index is 12.3. The number of nitrogens with one attached hydrogen (secondary N) is 1. The van der Waals surface area contributed by atoms with Gasteiger partial charge in [0.1, 0.15) is 6.04 Å². The summed E-state index contributed by atoms with van der Waals surface area (Å²) in [5.41, 5.74) is 1.42. The molecule has 2 amide bonds. The Bertz CT molecular complexity index is 696. The van der Waals surface area contributed by atoms with Crippen molar-refractivity contribution in [3.63, 3.8) is 0 Å². The van der Waals surface area contributed by atoms with Gasteiger partial charge in [-0.1, -0.05) is 6.07 Å². The number of fused-ring (bicyclic) bond motifs is 1. The summed E-state index contributed by atoms with van der Waals surface area (Å²) in [7, 11) is 0. The van der Waals surface area contributed by atoms with E-state index in [9.17, 15) is 9.59 Å². The molecule has 1 saturated heterocycles. The number of pyridine rings is 1. The van der Waals surface area contributed by atoms with E-state index in [0.717, 1.165) is 10.9 Å². The van der Waals surface area contributed by atoms with Gasteiger partial charge in [-0.15, -0.1) is 0 Å². The minimum atomic E-state index is -0.956. The number of anilines is 1. The Morgan fingerprint density at radius 2 is 2.14 bits per heavy atom. The molecule has 0 bridgehead atoms. The molecule has 2 aromatic rings. The molecule has 0 aliphatic carbocycles. The summed E-state index contributed by atoms with van der Waals surface area (Å²) in [6.07, 6.45) is 2.90. The smallest absolute Gasteiger partial charge is 0.326 e. The molecule has 1 aliphatic heterocycles. The molecule has 0 spiro atoms. The zero-order valence-corrected chi connectivity index (χ0v) is 11.3. The number of hydrogen-bond donors (Lipinski definition) is 2. The van der Waals surface area contributed by atoms with Crippen LogP contribution in [0.15, 0.2) is 36.5 Å². The van der Waals surface area contributed by atoms with Crippen LogP contribution in [0.2, 0.25) is 0 Å². The molecular weight excluding hydrogens is 270 g/mol. The second-order valence-corrected chi connectivity index (χ2v) is 5.00. The quantitative estimate of drug-likeness (QED) is 0.887. The van der Waals surface area contributed by atoms with Crippen molar-refractivity contribution in [3.8, 4) is 0 Å². The molecule has 1 unspecified atom stereocenters. The van der Waals surface area contributed by atoms with E-state index in [2.05, 4.69) is 10.3 Å². The van der Waals surface area contributed by atoms with Gasteiger partial charge in [-0.3, -0.25) is 4.98 Å². The van der Waals surface area contributed by atoms with E-state index >= 15 is 0 Å². The number of nitrogens with zero attached hydrogens (tertiary/aromatic N) is 2. The molecule has 0 saturated carbocycles. The van der Waals surface area contributed by atoms with Gasteiger partial charge in [-0.2, -0.15) is 0 Å². The first-order chi connectivity index (χ1) is 10.2. The first-order valence-corrected chi connectivity index (χ1v) is 6.81. The van der Waals surface area contributed by atoms with Gasteiger partial charge < -0.3 is 15.3 Å². The molecule has 108 valence electrons. The van der Waals surface area contributed by atoms with Crippen molar-refractivity contribution in [1.29, 1.82) is 0 Å². The van der Waals surface area contributed by atoms with E-state index in [1.165, 1.54) is 4.90 Å². The highest BCUT2D eigenvalue weighted by Crippen LogP contribution is 2.23. The van der Waals surface area contributed by atoms with Crippen LogP contribution in [0.4, 0.5) is 10.5 Å². The number of likely N-dealkylation sites (tertiary alicyclic amines) is 1. The number of carboxylic acid groups (broad SMARTS) is 1. The summed E-state index contributed by atoms with van der Waals surface area (Å²) >= 11 is 0. The van der Waals surface area contributed by atoms with Crippen molar-refractivity contribution in [2.75, 3.05) is 11.9 Å². The number of benzene rings is 1. The summed E-state index contributed by atoms with van der Waals surface area (Å²) < 4.78 is 0. The van der Waals surface area contributed by atoms with Gasteiger partial charge in [0.05, 0.1) is 11.2 Å². The highest BCUT2D eigenvalue weighted by atomic mass is 16.4. The molecule has 0 radical (unpaired) electrons. The van der Waals surface area contributed by atoms with E-state index in [-0.39, 0.29) is 6.03 Å². The predicted molar refractivity (Wildman–Crippen MR) is 78.1 cm³/mol. The normalized spacial score (nSPS) is 17.9. The van der Waals surface area contributed by atoms with Gasteiger partial charge in [0, 0.05) is 18.1 Å². The maximum Gasteiger partial charge on any atom is 0.326 e. The van der Waals surface area contributed by atoms with Gasteiger partial charge >= 0.3 is 12.0 Å². The number of carbonyl (C=O) groups excluding carboxylic acids is 1. The van der Waals surface area contributed by atoms with Crippen molar-refractivity contribution in [2.24, 2.45) is 0 Å². The van der Waals surface area contributed by atoms with Crippen LogP contribution in [0.5, 0.6) is 0 Å². The van der Waals surface area contributed by atoms with E-state index in [4.69, 9.17) is 5.11 Å². The third-order valence-electron chi connectivity index (χ3n) is 3.69. The van der Waals surface area contributed by atoms with Gasteiger partial charge in [0.25, 0.3) is 0 Å². The van der Waals surface area contributed by atoms with E-state index in [1.807, 2.05) is 18.2 Å². The molecule has 1 aromatic carbocycles. The molecule has 1 fully saturated rings. The van der Waals surface area contributed by atoms with Crippen LogP contribution in [0.25, 0.3) is 10.9 Å². The van der Waals surface area contributed by atoms with Gasteiger partial charge in [0.15, 0.2) is 0 Å². The lowest BCUT2D eigenvalue weighted by Crippen LogP contribution is -2.42. The monoisotopic (exact) mass is 285 g/mol. The number of aliphatic carboxylic acids is 1. The number of aromatic nitrogens is 1. The van der Waals surface area contributed by atoms with Crippen LogP contribution in [0, 0.1) is 0 Å². The number of rotatable bonds is 2. The Morgan fingerprint density at radius 3 is 2.95 bits per heavy atom. The Balaban J connectivity index is 1.85. The van der Waals surface area contributed by atoms with Gasteiger partial charge in [0.2, 0.25) is 0 Å². The zero-order chi connectivity index (χ0) is 14.8. The first-order valence-electron chi connectivity index (χ1n) is 6.81. The second-order valence-electron chi connectivity index (χ2n) is 5.00. The van der Waals surface area contributed by atoms with E-state index in [1.54, 1.807) is 18.3 Å². The fourth-order valence-corrected chi connectivity index (χ4v) is 2.67. The predicted octanol–water partition coefficient (Wildman–Crippen LogP) is 2.32. The molecule has 6 nitrogen and oxygen atoms in total. The lowest BCUT2D eigenvalue weighted by molar-refractivity contribution is -0.141.